The average Bonchev–Trinajstić information content (AvgIpc) is 3.00. The zero-order chi connectivity index (χ0) is 14.5. The molecule has 1 aliphatic rings. The van der Waals surface area contributed by atoms with Crippen molar-refractivity contribution in [1.29, 1.82) is 0 Å². The number of carbonyl (C=O) groups excluding carboxylic acids is 1. The van der Waals surface area contributed by atoms with Gasteiger partial charge in [0.1, 0.15) is 0 Å². The number of carbonyl (C=O) groups is 1. The van der Waals surface area contributed by atoms with E-state index in [0.717, 1.165) is 11.4 Å². The van der Waals surface area contributed by atoms with Gasteiger partial charge >= 0.3 is 0 Å². The van der Waals surface area contributed by atoms with Crippen LogP contribution in [0.5, 0.6) is 0 Å². The molecule has 0 bridgehead atoms. The largest absolute Gasteiger partial charge is 0.370 e. The van der Waals surface area contributed by atoms with Crippen molar-refractivity contribution in [2.45, 2.75) is 38.6 Å². The zero-order valence-electron chi connectivity index (χ0n) is 13.2. The topological polar surface area (TPSA) is 58.4 Å². The molecule has 1 atom stereocenters. The molecule has 1 amide bonds. The van der Waals surface area contributed by atoms with Crippen molar-refractivity contribution in [2.75, 3.05) is 23.8 Å². The number of benzene rings is 1. The van der Waals surface area contributed by atoms with Gasteiger partial charge in [-0.1, -0.05) is 31.9 Å². The van der Waals surface area contributed by atoms with Crippen molar-refractivity contribution in [3.63, 3.8) is 0 Å². The minimum absolute atomic E-state index is 0. The number of nitrogens with one attached hydrogen (secondary N) is 1. The third-order valence-electron chi connectivity index (χ3n) is 4.22. The first-order valence-electron chi connectivity index (χ1n) is 7.46. The van der Waals surface area contributed by atoms with E-state index in [9.17, 15) is 4.79 Å². The lowest BCUT2D eigenvalue weighted by atomic mass is 10.1. The number of nitrogens with two attached hydrogens (primary N) is 1. The van der Waals surface area contributed by atoms with Gasteiger partial charge in [-0.3, -0.25) is 4.79 Å². The molecule has 1 aromatic carbocycles. The Kier molecular flexibility index (Phi) is 9.49. The number of nitrogens with zero attached hydrogens (tertiary/aromatic N) is 1. The Hall–Kier alpha value is -0.970. The third-order valence-corrected chi connectivity index (χ3v) is 4.22. The van der Waals surface area contributed by atoms with Crippen LogP contribution in [0.2, 0.25) is 0 Å². The molecule has 4 nitrogen and oxygen atoms in total. The van der Waals surface area contributed by atoms with Crippen LogP contribution in [0.4, 0.5) is 11.4 Å². The lowest BCUT2D eigenvalue weighted by molar-refractivity contribution is -0.119. The molecular weight excluding hydrogens is 321 g/mol. The number of hydrogen-bond donors (Lipinski definition) is 2. The van der Waals surface area contributed by atoms with Gasteiger partial charge in [-0.2, -0.15) is 0 Å². The predicted octanol–water partition coefficient (Wildman–Crippen LogP) is 3.44. The van der Waals surface area contributed by atoms with Gasteiger partial charge in [-0.15, -0.1) is 24.8 Å². The van der Waals surface area contributed by atoms with E-state index < -0.39 is 0 Å². The van der Waals surface area contributed by atoms with E-state index in [0.29, 0.717) is 12.6 Å². The van der Waals surface area contributed by atoms with Gasteiger partial charge in [0.2, 0.25) is 5.91 Å². The third kappa shape index (κ3) is 5.04. The molecule has 0 saturated heterocycles. The minimum atomic E-state index is -0.167. The molecule has 0 aliphatic heterocycles. The number of hydrogen-bond acceptors (Lipinski definition) is 3. The van der Waals surface area contributed by atoms with E-state index in [1.165, 1.54) is 25.7 Å². The van der Waals surface area contributed by atoms with Gasteiger partial charge in [0.05, 0.1) is 11.4 Å². The Morgan fingerprint density at radius 2 is 1.91 bits per heavy atom. The second-order valence-corrected chi connectivity index (χ2v) is 5.69. The second kappa shape index (κ2) is 9.93. The van der Waals surface area contributed by atoms with Crippen molar-refractivity contribution in [1.82, 2.24) is 0 Å². The molecule has 3 N–H and O–H groups in total. The average molecular weight is 348 g/mol. The van der Waals surface area contributed by atoms with Crippen LogP contribution in [0, 0.1) is 5.92 Å². The van der Waals surface area contributed by atoms with Gasteiger partial charge in [0.15, 0.2) is 0 Å². The fourth-order valence-electron chi connectivity index (χ4n) is 2.74. The lowest BCUT2D eigenvalue weighted by Crippen LogP contribution is -2.31. The predicted molar refractivity (Wildman–Crippen MR) is 98.4 cm³/mol. The van der Waals surface area contributed by atoms with Crippen LogP contribution >= 0.6 is 24.8 Å². The summed E-state index contributed by atoms with van der Waals surface area (Å²) >= 11 is 0. The van der Waals surface area contributed by atoms with Gasteiger partial charge in [0, 0.05) is 25.6 Å². The van der Waals surface area contributed by atoms with Gasteiger partial charge in [-0.05, 0) is 25.0 Å². The van der Waals surface area contributed by atoms with Crippen molar-refractivity contribution in [3.8, 4) is 0 Å². The highest BCUT2D eigenvalue weighted by Gasteiger charge is 2.22. The monoisotopic (exact) mass is 347 g/mol. The van der Waals surface area contributed by atoms with Crippen molar-refractivity contribution < 1.29 is 4.79 Å². The maximum atomic E-state index is 12.0. The fraction of sp³-hybridized carbons (Fsp3) is 0.562. The molecule has 22 heavy (non-hydrogen) atoms. The van der Waals surface area contributed by atoms with E-state index in [1.54, 1.807) is 0 Å². The molecule has 0 radical (unpaired) electrons. The molecule has 0 spiro atoms. The number of para-hydroxylation sites is 2. The Balaban J connectivity index is 0.00000220. The molecule has 1 aromatic rings. The van der Waals surface area contributed by atoms with Crippen molar-refractivity contribution >= 4 is 42.1 Å². The standard InChI is InChI=1S/C16H25N3O.2ClH/c1-12(11-17)16(20)18-14-9-5-6-10-15(14)19(2)13-7-3-4-8-13;;/h5-6,9-10,12-13H,3-4,7-8,11,17H2,1-2H3,(H,18,20);2*1H. The van der Waals surface area contributed by atoms with E-state index in [1.807, 2.05) is 25.1 Å². The first kappa shape index (κ1) is 21.0. The van der Waals surface area contributed by atoms with Crippen LogP contribution in [0.3, 0.4) is 0 Å². The van der Waals surface area contributed by atoms with Crippen molar-refractivity contribution in [2.24, 2.45) is 11.7 Å². The van der Waals surface area contributed by atoms with Gasteiger partial charge < -0.3 is 16.0 Å². The number of anilines is 2. The highest BCUT2D eigenvalue weighted by atomic mass is 35.5. The summed E-state index contributed by atoms with van der Waals surface area (Å²) in [5.41, 5.74) is 7.53. The van der Waals surface area contributed by atoms with Crippen LogP contribution < -0.4 is 16.0 Å². The van der Waals surface area contributed by atoms with Crippen LogP contribution in [0.15, 0.2) is 24.3 Å². The first-order chi connectivity index (χ1) is 9.63. The summed E-state index contributed by atoms with van der Waals surface area (Å²) < 4.78 is 0. The first-order valence-corrected chi connectivity index (χ1v) is 7.46. The van der Waals surface area contributed by atoms with Crippen LogP contribution in [-0.2, 0) is 4.79 Å². The molecule has 1 fully saturated rings. The molecule has 0 heterocycles. The summed E-state index contributed by atoms with van der Waals surface area (Å²) in [6, 6.07) is 8.58. The molecule has 1 aliphatic carbocycles. The SMILES string of the molecule is CC(CN)C(=O)Nc1ccccc1N(C)C1CCCC1.Cl.Cl. The molecule has 0 aromatic heterocycles. The summed E-state index contributed by atoms with van der Waals surface area (Å²) in [5.74, 6) is -0.181. The Morgan fingerprint density at radius 3 is 2.50 bits per heavy atom. The Labute approximate surface area is 145 Å². The summed E-state index contributed by atoms with van der Waals surface area (Å²) in [7, 11) is 2.12. The summed E-state index contributed by atoms with van der Waals surface area (Å²) in [6.45, 7) is 2.21. The normalized spacial score (nSPS) is 15.4. The smallest absolute Gasteiger partial charge is 0.228 e. The van der Waals surface area contributed by atoms with Crippen LogP contribution in [0.25, 0.3) is 0 Å². The molecule has 126 valence electrons. The summed E-state index contributed by atoms with van der Waals surface area (Å²) in [5, 5.41) is 3.00. The Bertz CT molecular complexity index is 464. The lowest BCUT2D eigenvalue weighted by Gasteiger charge is -2.29. The maximum absolute atomic E-state index is 12.0. The molecular formula is C16H27Cl2N3O. The van der Waals surface area contributed by atoms with Gasteiger partial charge in [0.25, 0.3) is 0 Å². The fourth-order valence-corrected chi connectivity index (χ4v) is 2.74. The second-order valence-electron chi connectivity index (χ2n) is 5.69. The maximum Gasteiger partial charge on any atom is 0.228 e. The molecule has 2 rings (SSSR count). The highest BCUT2D eigenvalue weighted by molar-refractivity contribution is 5.95. The van der Waals surface area contributed by atoms with Crippen molar-refractivity contribution in [3.05, 3.63) is 24.3 Å². The molecule has 6 heteroatoms. The van der Waals surface area contributed by atoms with E-state index in [-0.39, 0.29) is 36.6 Å². The van der Waals surface area contributed by atoms with Gasteiger partial charge in [-0.25, -0.2) is 0 Å². The van der Waals surface area contributed by atoms with E-state index in [2.05, 4.69) is 23.3 Å². The number of halogens is 2. The van der Waals surface area contributed by atoms with E-state index >= 15 is 0 Å². The Morgan fingerprint density at radius 1 is 1.32 bits per heavy atom. The van der Waals surface area contributed by atoms with E-state index in [4.69, 9.17) is 5.73 Å². The summed E-state index contributed by atoms with van der Waals surface area (Å²) in [6.07, 6.45) is 5.07. The number of amides is 1. The quantitative estimate of drug-likeness (QED) is 0.857. The zero-order valence-corrected chi connectivity index (χ0v) is 14.9. The van der Waals surface area contributed by atoms with Crippen LogP contribution in [-0.4, -0.2) is 25.5 Å². The molecule has 1 saturated carbocycles. The van der Waals surface area contributed by atoms with Crippen LogP contribution in [0.1, 0.15) is 32.6 Å². The summed E-state index contributed by atoms with van der Waals surface area (Å²) in [4.78, 5) is 14.3. The number of rotatable bonds is 5. The highest BCUT2D eigenvalue weighted by Crippen LogP contribution is 2.31. The minimum Gasteiger partial charge on any atom is -0.370 e. The molecule has 1 unspecified atom stereocenters.